The Hall–Kier alpha value is -3.80. The van der Waals surface area contributed by atoms with Crippen LogP contribution in [-0.2, 0) is 11.2 Å². The number of rotatable bonds is 6. The molecule has 3 N–H and O–H groups in total. The third-order valence-corrected chi connectivity index (χ3v) is 4.78. The fourth-order valence-electron chi connectivity index (χ4n) is 3.23. The second kappa shape index (κ2) is 8.06. The summed E-state index contributed by atoms with van der Waals surface area (Å²) in [6.45, 7) is 1.98. The first-order valence-electron chi connectivity index (χ1n) is 9.37. The van der Waals surface area contributed by atoms with Crippen LogP contribution in [0.15, 0.2) is 77.5 Å². The summed E-state index contributed by atoms with van der Waals surface area (Å²) < 4.78 is 5.16. The molecule has 2 heterocycles. The fraction of sp³-hybridized carbons (Fsp3) is 0.130. The number of para-hydroxylation sites is 1. The Kier molecular flexibility index (Phi) is 5.16. The molecule has 1 atom stereocenters. The van der Waals surface area contributed by atoms with Gasteiger partial charge in [0.25, 0.3) is 5.91 Å². The van der Waals surface area contributed by atoms with Gasteiger partial charge in [0.15, 0.2) is 5.76 Å². The van der Waals surface area contributed by atoms with Gasteiger partial charge in [0.1, 0.15) is 6.04 Å². The molecule has 6 heteroatoms. The molecular formula is C23H21N3O3. The summed E-state index contributed by atoms with van der Waals surface area (Å²) in [5, 5.41) is 6.70. The van der Waals surface area contributed by atoms with Crippen molar-refractivity contribution in [2.24, 2.45) is 0 Å². The molecule has 146 valence electrons. The molecular weight excluding hydrogens is 366 g/mol. The van der Waals surface area contributed by atoms with Crippen molar-refractivity contribution in [1.29, 1.82) is 0 Å². The molecule has 0 bridgehead atoms. The van der Waals surface area contributed by atoms with Crippen molar-refractivity contribution in [3.63, 3.8) is 0 Å². The fourth-order valence-corrected chi connectivity index (χ4v) is 3.23. The van der Waals surface area contributed by atoms with Crippen LogP contribution in [-0.4, -0.2) is 22.8 Å². The van der Waals surface area contributed by atoms with E-state index < -0.39 is 11.9 Å². The minimum Gasteiger partial charge on any atom is -0.459 e. The molecule has 1 unspecified atom stereocenters. The van der Waals surface area contributed by atoms with Crippen LogP contribution in [0.25, 0.3) is 10.9 Å². The Morgan fingerprint density at radius 1 is 1.03 bits per heavy atom. The highest BCUT2D eigenvalue weighted by molar-refractivity contribution is 6.00. The Balaban J connectivity index is 1.58. The molecule has 0 saturated carbocycles. The summed E-state index contributed by atoms with van der Waals surface area (Å²) in [7, 11) is 0. The Labute approximate surface area is 167 Å². The van der Waals surface area contributed by atoms with E-state index in [1.54, 1.807) is 12.1 Å². The predicted molar refractivity (Wildman–Crippen MR) is 112 cm³/mol. The van der Waals surface area contributed by atoms with Gasteiger partial charge in [-0.3, -0.25) is 9.59 Å². The van der Waals surface area contributed by atoms with Crippen molar-refractivity contribution in [2.45, 2.75) is 19.4 Å². The van der Waals surface area contributed by atoms with Crippen molar-refractivity contribution in [3.05, 3.63) is 90.0 Å². The van der Waals surface area contributed by atoms with Crippen LogP contribution in [0.2, 0.25) is 0 Å². The van der Waals surface area contributed by atoms with Crippen LogP contribution in [0.5, 0.6) is 0 Å². The number of fused-ring (bicyclic) bond motifs is 1. The highest BCUT2D eigenvalue weighted by Crippen LogP contribution is 2.20. The van der Waals surface area contributed by atoms with Gasteiger partial charge in [0, 0.05) is 29.2 Å². The number of hydrogen-bond acceptors (Lipinski definition) is 3. The van der Waals surface area contributed by atoms with E-state index >= 15 is 0 Å². The predicted octanol–water partition coefficient (Wildman–Crippen LogP) is 4.05. The molecule has 0 aliphatic rings. The smallest absolute Gasteiger partial charge is 0.287 e. The summed E-state index contributed by atoms with van der Waals surface area (Å²) in [6, 6.07) is 17.8. The monoisotopic (exact) mass is 387 g/mol. The largest absolute Gasteiger partial charge is 0.459 e. The van der Waals surface area contributed by atoms with Gasteiger partial charge in [-0.15, -0.1) is 0 Å². The summed E-state index contributed by atoms with van der Waals surface area (Å²) in [6.07, 6.45) is 3.64. The van der Waals surface area contributed by atoms with Crippen molar-refractivity contribution in [2.75, 3.05) is 5.32 Å². The minimum absolute atomic E-state index is 0.164. The normalized spacial score (nSPS) is 11.9. The number of furan rings is 1. The van der Waals surface area contributed by atoms with E-state index in [4.69, 9.17) is 4.42 Å². The van der Waals surface area contributed by atoms with Crippen LogP contribution >= 0.6 is 0 Å². The van der Waals surface area contributed by atoms with Crippen LogP contribution < -0.4 is 10.6 Å². The van der Waals surface area contributed by atoms with Gasteiger partial charge in [0.05, 0.1) is 6.26 Å². The lowest BCUT2D eigenvalue weighted by atomic mass is 10.0. The number of H-pyrrole nitrogens is 1. The number of nitrogens with one attached hydrogen (secondary N) is 3. The molecule has 0 aliphatic carbocycles. The number of hydrogen-bond donors (Lipinski definition) is 3. The van der Waals surface area contributed by atoms with Crippen LogP contribution in [0.4, 0.5) is 5.69 Å². The molecule has 2 aromatic carbocycles. The zero-order valence-electron chi connectivity index (χ0n) is 15.9. The Morgan fingerprint density at radius 3 is 2.59 bits per heavy atom. The van der Waals surface area contributed by atoms with Gasteiger partial charge in [-0.05, 0) is 42.8 Å². The number of amides is 2. The van der Waals surface area contributed by atoms with Crippen molar-refractivity contribution < 1.29 is 14.0 Å². The van der Waals surface area contributed by atoms with Crippen molar-refractivity contribution >= 4 is 28.4 Å². The maximum Gasteiger partial charge on any atom is 0.287 e. The molecule has 2 amide bonds. The maximum atomic E-state index is 13.0. The summed E-state index contributed by atoms with van der Waals surface area (Å²) in [5.74, 6) is -0.560. The second-order valence-electron chi connectivity index (χ2n) is 6.92. The lowest BCUT2D eigenvalue weighted by Crippen LogP contribution is -2.45. The number of carbonyl (C=O) groups is 2. The molecule has 4 rings (SSSR count). The first-order valence-corrected chi connectivity index (χ1v) is 9.37. The van der Waals surface area contributed by atoms with Gasteiger partial charge in [0.2, 0.25) is 5.91 Å². The van der Waals surface area contributed by atoms with Crippen molar-refractivity contribution in [1.82, 2.24) is 10.3 Å². The standard InChI is InChI=1S/C23H21N3O3/c1-15-8-10-17(11-9-15)25-22(27)20(26-23(28)21-7-4-12-29-21)13-16-14-24-19-6-3-2-5-18(16)19/h2-12,14,20,24H,13H2,1H3,(H,25,27)(H,26,28). The summed E-state index contributed by atoms with van der Waals surface area (Å²) in [5.41, 5.74) is 3.71. The third kappa shape index (κ3) is 4.21. The topological polar surface area (TPSA) is 87.1 Å². The van der Waals surface area contributed by atoms with E-state index in [0.717, 1.165) is 22.0 Å². The van der Waals surface area contributed by atoms with Crippen LogP contribution in [0.1, 0.15) is 21.7 Å². The molecule has 2 aromatic heterocycles. The Morgan fingerprint density at radius 2 is 1.83 bits per heavy atom. The van der Waals surface area contributed by atoms with E-state index in [0.29, 0.717) is 12.1 Å². The highest BCUT2D eigenvalue weighted by Gasteiger charge is 2.24. The van der Waals surface area contributed by atoms with Crippen LogP contribution in [0, 0.1) is 6.92 Å². The van der Waals surface area contributed by atoms with E-state index in [-0.39, 0.29) is 11.7 Å². The minimum atomic E-state index is -0.770. The number of carbonyl (C=O) groups excluding carboxylic acids is 2. The number of aromatic nitrogens is 1. The van der Waals surface area contributed by atoms with E-state index in [2.05, 4.69) is 15.6 Å². The van der Waals surface area contributed by atoms with Gasteiger partial charge < -0.3 is 20.0 Å². The van der Waals surface area contributed by atoms with E-state index in [1.165, 1.54) is 6.26 Å². The summed E-state index contributed by atoms with van der Waals surface area (Å²) in [4.78, 5) is 28.7. The average molecular weight is 387 g/mol. The molecule has 0 spiro atoms. The molecule has 0 radical (unpaired) electrons. The number of aromatic amines is 1. The lowest BCUT2D eigenvalue weighted by Gasteiger charge is -2.18. The quantitative estimate of drug-likeness (QED) is 0.466. The van der Waals surface area contributed by atoms with Crippen LogP contribution in [0.3, 0.4) is 0 Å². The van der Waals surface area contributed by atoms with Gasteiger partial charge in [-0.25, -0.2) is 0 Å². The first kappa shape index (κ1) is 18.6. The first-order chi connectivity index (χ1) is 14.1. The second-order valence-corrected chi connectivity index (χ2v) is 6.92. The van der Waals surface area contributed by atoms with Gasteiger partial charge in [-0.1, -0.05) is 35.9 Å². The summed E-state index contributed by atoms with van der Waals surface area (Å²) >= 11 is 0. The number of aryl methyl sites for hydroxylation is 1. The molecule has 6 nitrogen and oxygen atoms in total. The lowest BCUT2D eigenvalue weighted by molar-refractivity contribution is -0.118. The average Bonchev–Trinajstić information content (AvgIpc) is 3.40. The molecule has 4 aromatic rings. The van der Waals surface area contributed by atoms with Crippen molar-refractivity contribution in [3.8, 4) is 0 Å². The molecule has 29 heavy (non-hydrogen) atoms. The van der Waals surface area contributed by atoms with E-state index in [1.807, 2.05) is 61.7 Å². The maximum absolute atomic E-state index is 13.0. The number of anilines is 1. The Bertz CT molecular complexity index is 1130. The van der Waals surface area contributed by atoms with Gasteiger partial charge in [-0.2, -0.15) is 0 Å². The van der Waals surface area contributed by atoms with E-state index in [9.17, 15) is 9.59 Å². The van der Waals surface area contributed by atoms with Gasteiger partial charge >= 0.3 is 0 Å². The zero-order chi connectivity index (χ0) is 20.2. The molecule has 0 aliphatic heterocycles. The zero-order valence-corrected chi connectivity index (χ0v) is 15.9. The number of benzene rings is 2. The third-order valence-electron chi connectivity index (χ3n) is 4.78. The highest BCUT2D eigenvalue weighted by atomic mass is 16.3. The SMILES string of the molecule is Cc1ccc(NC(=O)C(Cc2c[nH]c3ccccc23)NC(=O)c2ccco2)cc1. The molecule has 0 fully saturated rings. The molecule has 0 saturated heterocycles.